The van der Waals surface area contributed by atoms with E-state index in [2.05, 4.69) is 17.9 Å². The van der Waals surface area contributed by atoms with Gasteiger partial charge in [0.25, 0.3) is 0 Å². The Bertz CT molecular complexity index is 782. The lowest BCUT2D eigenvalue weighted by Gasteiger charge is -2.18. The summed E-state index contributed by atoms with van der Waals surface area (Å²) in [6.45, 7) is 6.11. The summed E-state index contributed by atoms with van der Waals surface area (Å²) in [6, 6.07) is 0. The molecule has 188 valence electrons. The number of alkyl halides is 10. The smallest absolute Gasteiger partial charge is 0.460 e. The molecule has 0 atom stereocenters. The van der Waals surface area contributed by atoms with E-state index < -0.39 is 71.9 Å². The fourth-order valence-electron chi connectivity index (χ4n) is 1.67. The molecule has 0 unspecified atom stereocenters. The van der Waals surface area contributed by atoms with Crippen molar-refractivity contribution in [3.05, 3.63) is 72.3 Å². The molecule has 0 aromatic heterocycles. The Hall–Kier alpha value is -2.74. The molecule has 0 aliphatic heterocycles. The summed E-state index contributed by atoms with van der Waals surface area (Å²) < 4.78 is 183. The van der Waals surface area contributed by atoms with Gasteiger partial charge in [-0.2, -0.15) is 43.9 Å². The van der Waals surface area contributed by atoms with Crippen LogP contribution in [0.4, 0.5) is 61.5 Å². The Morgan fingerprint density at radius 1 is 0.576 bits per heavy atom. The Kier molecular flexibility index (Phi) is 10.0. The molecule has 0 heterocycles. The first-order valence-corrected chi connectivity index (χ1v) is 8.05. The van der Waals surface area contributed by atoms with E-state index in [0.29, 0.717) is 0 Å². The van der Waals surface area contributed by atoms with Gasteiger partial charge in [-0.1, -0.05) is 12.2 Å². The van der Waals surface area contributed by atoms with Crippen LogP contribution in [-0.2, 0) is 4.74 Å². The quantitative estimate of drug-likeness (QED) is 0.124. The van der Waals surface area contributed by atoms with Gasteiger partial charge in [0, 0.05) is 25.0 Å². The van der Waals surface area contributed by atoms with Crippen LogP contribution in [0.5, 0.6) is 0 Å². The van der Waals surface area contributed by atoms with Crippen molar-refractivity contribution in [2.45, 2.75) is 37.0 Å². The zero-order valence-electron chi connectivity index (χ0n) is 15.8. The SMILES string of the molecule is C=CCC(=CC(F)=C(F)C(F)(F)C(F)(F)F)OC(=CC(F)=C(F)C(F)(F)C(F)(F)F)CC=C. The van der Waals surface area contributed by atoms with Crippen LogP contribution in [-0.4, -0.2) is 24.2 Å². The van der Waals surface area contributed by atoms with Crippen molar-refractivity contribution >= 4 is 0 Å². The van der Waals surface area contributed by atoms with Crippen LogP contribution < -0.4 is 0 Å². The molecule has 1 nitrogen and oxygen atoms in total. The second-order valence-corrected chi connectivity index (χ2v) is 5.78. The topological polar surface area (TPSA) is 9.23 Å². The second kappa shape index (κ2) is 10.9. The highest BCUT2D eigenvalue weighted by atomic mass is 19.4. The molecule has 0 saturated carbocycles. The Balaban J connectivity index is 6.41. The molecule has 0 aromatic carbocycles. The Morgan fingerprint density at radius 3 is 1.06 bits per heavy atom. The van der Waals surface area contributed by atoms with E-state index in [4.69, 9.17) is 0 Å². The van der Waals surface area contributed by atoms with Gasteiger partial charge in [-0.3, -0.25) is 0 Å². The zero-order valence-corrected chi connectivity index (χ0v) is 15.8. The van der Waals surface area contributed by atoms with Crippen molar-refractivity contribution < 1.29 is 66.2 Å². The molecule has 0 fully saturated rings. The van der Waals surface area contributed by atoms with Crippen molar-refractivity contribution in [1.82, 2.24) is 0 Å². The van der Waals surface area contributed by atoms with Gasteiger partial charge < -0.3 is 4.74 Å². The maximum absolute atomic E-state index is 13.6. The maximum atomic E-state index is 13.6. The number of hydrogen-bond donors (Lipinski definition) is 0. The fourth-order valence-corrected chi connectivity index (χ4v) is 1.67. The minimum atomic E-state index is -6.54. The third-order valence-corrected chi connectivity index (χ3v) is 3.21. The van der Waals surface area contributed by atoms with E-state index in [-0.39, 0.29) is 12.2 Å². The van der Waals surface area contributed by atoms with Gasteiger partial charge in [0.2, 0.25) is 11.7 Å². The normalized spacial score (nSPS) is 16.2. The van der Waals surface area contributed by atoms with E-state index in [0.717, 1.165) is 12.2 Å². The number of halogens is 14. The highest BCUT2D eigenvalue weighted by molar-refractivity contribution is 5.27. The van der Waals surface area contributed by atoms with Gasteiger partial charge >= 0.3 is 24.2 Å². The lowest BCUT2D eigenvalue weighted by molar-refractivity contribution is -0.271. The largest absolute Gasteiger partial charge is 0.465 e. The standard InChI is InChI=1S/C18H12F14O/c1-3-5-9(7-11(19)13(21)15(23,24)17(27,28)29)33-10(6-4-2)8-12(20)14(22)16(25,26)18(30,31)32/h3-4,7-8H,1-2,5-6H2. The molecule has 0 rings (SSSR count). The second-order valence-electron chi connectivity index (χ2n) is 5.78. The van der Waals surface area contributed by atoms with Gasteiger partial charge in [0.1, 0.15) is 11.5 Å². The van der Waals surface area contributed by atoms with E-state index in [9.17, 15) is 61.5 Å². The van der Waals surface area contributed by atoms with Crippen LogP contribution in [0.2, 0.25) is 0 Å². The highest BCUT2D eigenvalue weighted by Gasteiger charge is 2.63. The lowest BCUT2D eigenvalue weighted by Crippen LogP contribution is -2.37. The first kappa shape index (κ1) is 30.3. The average molecular weight is 510 g/mol. The number of rotatable bonds is 10. The first-order valence-electron chi connectivity index (χ1n) is 8.05. The summed E-state index contributed by atoms with van der Waals surface area (Å²) in [7, 11) is 0. The number of ether oxygens (including phenoxy) is 1. The number of hydrogen-bond acceptors (Lipinski definition) is 1. The summed E-state index contributed by atoms with van der Waals surface area (Å²) in [5.74, 6) is -27.6. The molecule has 33 heavy (non-hydrogen) atoms. The summed E-state index contributed by atoms with van der Waals surface area (Å²) in [5.41, 5.74) is 0. The molecule has 0 N–H and O–H groups in total. The van der Waals surface area contributed by atoms with Gasteiger partial charge in [0.15, 0.2) is 11.7 Å². The summed E-state index contributed by atoms with van der Waals surface area (Å²) in [6.07, 6.45) is -13.9. The van der Waals surface area contributed by atoms with Gasteiger partial charge in [0.05, 0.1) is 0 Å². The van der Waals surface area contributed by atoms with Crippen molar-refractivity contribution in [1.29, 1.82) is 0 Å². The molecular weight excluding hydrogens is 498 g/mol. The van der Waals surface area contributed by atoms with Crippen LogP contribution in [0.3, 0.4) is 0 Å². The summed E-state index contributed by atoms with van der Waals surface area (Å²) in [5, 5.41) is 0. The molecule has 15 heteroatoms. The van der Waals surface area contributed by atoms with Gasteiger partial charge in [-0.15, -0.1) is 13.2 Å². The molecule has 0 radical (unpaired) electrons. The third kappa shape index (κ3) is 7.67. The van der Waals surface area contributed by atoms with Gasteiger partial charge in [-0.25, -0.2) is 17.6 Å². The van der Waals surface area contributed by atoms with Crippen molar-refractivity contribution in [2.75, 3.05) is 0 Å². The average Bonchev–Trinajstić information content (AvgIpc) is 2.64. The molecule has 0 bridgehead atoms. The van der Waals surface area contributed by atoms with E-state index in [1.165, 1.54) is 0 Å². The minimum Gasteiger partial charge on any atom is -0.465 e. The Labute approximate surface area is 176 Å². The molecule has 0 aromatic rings. The highest BCUT2D eigenvalue weighted by Crippen LogP contribution is 2.44. The van der Waals surface area contributed by atoms with E-state index >= 15 is 0 Å². The fraction of sp³-hybridized carbons (Fsp3) is 0.333. The predicted molar refractivity (Wildman–Crippen MR) is 87.4 cm³/mol. The van der Waals surface area contributed by atoms with Crippen LogP contribution in [0.25, 0.3) is 0 Å². The Morgan fingerprint density at radius 2 is 0.848 bits per heavy atom. The van der Waals surface area contributed by atoms with Gasteiger partial charge in [-0.05, 0) is 0 Å². The van der Waals surface area contributed by atoms with Crippen molar-refractivity contribution in [3.63, 3.8) is 0 Å². The van der Waals surface area contributed by atoms with E-state index in [1.807, 2.05) is 0 Å². The minimum absolute atomic E-state index is 0.379. The monoisotopic (exact) mass is 510 g/mol. The molecule has 0 aliphatic rings. The van der Waals surface area contributed by atoms with Crippen LogP contribution in [0.1, 0.15) is 12.8 Å². The lowest BCUT2D eigenvalue weighted by atomic mass is 10.2. The number of allylic oxidation sites excluding steroid dienone is 8. The van der Waals surface area contributed by atoms with Crippen LogP contribution in [0.15, 0.2) is 72.3 Å². The zero-order chi connectivity index (χ0) is 26.4. The molecule has 0 aliphatic carbocycles. The first-order chi connectivity index (χ1) is 14.7. The molecule has 0 spiro atoms. The summed E-state index contributed by atoms with van der Waals surface area (Å²) >= 11 is 0. The predicted octanol–water partition coefficient (Wildman–Crippen LogP) is 8.62. The van der Waals surface area contributed by atoms with Crippen molar-refractivity contribution in [2.24, 2.45) is 0 Å². The van der Waals surface area contributed by atoms with Crippen molar-refractivity contribution in [3.8, 4) is 0 Å². The molecular formula is C18H12F14O. The van der Waals surface area contributed by atoms with Crippen LogP contribution >= 0.6 is 0 Å². The third-order valence-electron chi connectivity index (χ3n) is 3.21. The molecule has 0 amide bonds. The molecule has 0 saturated heterocycles. The summed E-state index contributed by atoms with van der Waals surface area (Å²) in [4.78, 5) is 0. The van der Waals surface area contributed by atoms with Crippen LogP contribution in [0, 0.1) is 0 Å². The maximum Gasteiger partial charge on any atom is 0.460 e. The van der Waals surface area contributed by atoms with E-state index in [1.54, 1.807) is 0 Å².